The van der Waals surface area contributed by atoms with E-state index in [1.165, 1.54) is 6.07 Å². The molecule has 2 aromatic rings. The molecule has 0 unspecified atom stereocenters. The molecule has 19 heavy (non-hydrogen) atoms. The molecule has 1 aromatic carbocycles. The lowest BCUT2D eigenvalue weighted by atomic mass is 9.77. The molecule has 0 fully saturated rings. The van der Waals surface area contributed by atoms with Crippen molar-refractivity contribution in [3.63, 3.8) is 0 Å². The number of hydrogen-bond acceptors (Lipinski definition) is 4. The zero-order chi connectivity index (χ0) is 13.8. The number of nitrogens with zero attached hydrogens (tertiary/aromatic N) is 1. The van der Waals surface area contributed by atoms with Crippen LogP contribution < -0.4 is 5.46 Å². The molecule has 0 bridgehead atoms. The van der Waals surface area contributed by atoms with Crippen molar-refractivity contribution in [3.05, 3.63) is 53.7 Å². The first-order valence-corrected chi connectivity index (χ1v) is 5.90. The molecular weight excluding hydrogens is 248 g/mol. The Morgan fingerprint density at radius 1 is 1.26 bits per heavy atom. The minimum atomic E-state index is -1.67. The minimum Gasteiger partial charge on any atom is -0.472 e. The summed E-state index contributed by atoms with van der Waals surface area (Å²) in [6.45, 7) is 1.15. The normalized spacial score (nSPS) is 11.0. The van der Waals surface area contributed by atoms with Crippen molar-refractivity contribution < 1.29 is 18.9 Å². The highest BCUT2D eigenvalue weighted by Gasteiger charge is 2.17. The van der Waals surface area contributed by atoms with Crippen molar-refractivity contribution >= 4 is 12.6 Å². The zero-order valence-corrected chi connectivity index (χ0v) is 10.6. The molecule has 0 aliphatic heterocycles. The number of furan rings is 1. The zero-order valence-electron chi connectivity index (χ0n) is 10.6. The SMILES string of the molecule is CN(Cc1ccoc1)Cc1ccc(F)cc1B(O)O. The van der Waals surface area contributed by atoms with Gasteiger partial charge in [-0.05, 0) is 36.3 Å². The van der Waals surface area contributed by atoms with Crippen molar-refractivity contribution in [2.75, 3.05) is 7.05 Å². The van der Waals surface area contributed by atoms with Gasteiger partial charge in [-0.2, -0.15) is 0 Å². The lowest BCUT2D eigenvalue weighted by Crippen LogP contribution is -2.35. The number of halogens is 1. The maximum atomic E-state index is 13.1. The smallest absolute Gasteiger partial charge is 0.472 e. The molecule has 4 nitrogen and oxygen atoms in total. The van der Waals surface area contributed by atoms with E-state index < -0.39 is 12.9 Å². The Balaban J connectivity index is 2.10. The average Bonchev–Trinajstić information content (AvgIpc) is 2.83. The van der Waals surface area contributed by atoms with Crippen LogP contribution in [0.3, 0.4) is 0 Å². The molecule has 0 aliphatic carbocycles. The van der Waals surface area contributed by atoms with E-state index in [4.69, 9.17) is 4.42 Å². The predicted molar refractivity (Wildman–Crippen MR) is 70.1 cm³/mol. The van der Waals surface area contributed by atoms with Crippen LogP contribution in [0.25, 0.3) is 0 Å². The quantitative estimate of drug-likeness (QED) is 0.781. The van der Waals surface area contributed by atoms with Gasteiger partial charge in [0.25, 0.3) is 0 Å². The van der Waals surface area contributed by atoms with Crippen molar-refractivity contribution in [2.45, 2.75) is 13.1 Å². The van der Waals surface area contributed by atoms with Gasteiger partial charge in [-0.1, -0.05) is 6.07 Å². The van der Waals surface area contributed by atoms with Crippen LogP contribution in [0.15, 0.2) is 41.2 Å². The predicted octanol–water partition coefficient (Wildman–Crippen LogP) is 0.730. The van der Waals surface area contributed by atoms with E-state index in [9.17, 15) is 14.4 Å². The van der Waals surface area contributed by atoms with E-state index in [2.05, 4.69) is 0 Å². The fourth-order valence-electron chi connectivity index (χ4n) is 1.99. The van der Waals surface area contributed by atoms with Gasteiger partial charge in [-0.3, -0.25) is 4.90 Å². The topological polar surface area (TPSA) is 56.8 Å². The van der Waals surface area contributed by atoms with Gasteiger partial charge in [0.15, 0.2) is 0 Å². The van der Waals surface area contributed by atoms with Crippen molar-refractivity contribution in [3.8, 4) is 0 Å². The summed E-state index contributed by atoms with van der Waals surface area (Å²) in [5.41, 5.74) is 1.90. The average molecular weight is 263 g/mol. The number of hydrogen-bond donors (Lipinski definition) is 2. The van der Waals surface area contributed by atoms with Gasteiger partial charge in [0, 0.05) is 18.7 Å². The Bertz CT molecular complexity index is 531. The van der Waals surface area contributed by atoms with Crippen LogP contribution in [0.2, 0.25) is 0 Å². The Labute approximate surface area is 111 Å². The van der Waals surface area contributed by atoms with Crippen LogP contribution in [0, 0.1) is 5.82 Å². The fraction of sp³-hybridized carbons (Fsp3) is 0.231. The van der Waals surface area contributed by atoms with Crippen molar-refractivity contribution in [2.24, 2.45) is 0 Å². The second-order valence-electron chi connectivity index (χ2n) is 4.52. The molecule has 0 spiro atoms. The second-order valence-corrected chi connectivity index (χ2v) is 4.52. The maximum absolute atomic E-state index is 13.1. The van der Waals surface area contributed by atoms with Gasteiger partial charge in [0.05, 0.1) is 12.5 Å². The molecule has 0 saturated carbocycles. The van der Waals surface area contributed by atoms with Crippen LogP contribution in [-0.4, -0.2) is 29.1 Å². The number of rotatable bonds is 5. The Kier molecular flexibility index (Phi) is 4.37. The summed E-state index contributed by atoms with van der Waals surface area (Å²) in [5.74, 6) is -0.482. The standard InChI is InChI=1S/C13H15BFNO3/c1-16(7-10-4-5-19-9-10)8-11-2-3-12(15)6-13(11)14(17)18/h2-6,9,17-18H,7-8H2,1H3. The van der Waals surface area contributed by atoms with Gasteiger partial charge in [-0.15, -0.1) is 0 Å². The summed E-state index contributed by atoms with van der Waals surface area (Å²) in [6, 6.07) is 5.89. The van der Waals surface area contributed by atoms with E-state index in [1.807, 2.05) is 18.0 Å². The first-order valence-electron chi connectivity index (χ1n) is 5.90. The van der Waals surface area contributed by atoms with Crippen molar-refractivity contribution in [1.29, 1.82) is 0 Å². The number of benzene rings is 1. The highest BCUT2D eigenvalue weighted by atomic mass is 19.1. The molecule has 1 aromatic heterocycles. The van der Waals surface area contributed by atoms with Crippen molar-refractivity contribution in [1.82, 2.24) is 4.90 Å². The summed E-state index contributed by atoms with van der Waals surface area (Å²) in [6.07, 6.45) is 3.26. The lowest BCUT2D eigenvalue weighted by molar-refractivity contribution is 0.318. The first-order chi connectivity index (χ1) is 9.06. The molecule has 0 radical (unpaired) electrons. The highest BCUT2D eigenvalue weighted by molar-refractivity contribution is 6.59. The van der Waals surface area contributed by atoms with Gasteiger partial charge >= 0.3 is 7.12 Å². The Morgan fingerprint density at radius 2 is 2.05 bits per heavy atom. The van der Waals surface area contributed by atoms with E-state index >= 15 is 0 Å². The molecular formula is C13H15BFNO3. The summed E-state index contributed by atoms with van der Waals surface area (Å²) in [5, 5.41) is 18.5. The Hall–Kier alpha value is -1.63. The second kappa shape index (κ2) is 6.01. The van der Waals surface area contributed by atoms with E-state index in [0.29, 0.717) is 18.7 Å². The maximum Gasteiger partial charge on any atom is 0.488 e. The molecule has 2 rings (SSSR count). The van der Waals surface area contributed by atoms with Gasteiger partial charge in [0.2, 0.25) is 0 Å². The molecule has 0 atom stereocenters. The molecule has 2 N–H and O–H groups in total. The van der Waals surface area contributed by atoms with E-state index in [0.717, 1.165) is 11.6 Å². The molecule has 1 heterocycles. The molecule has 0 amide bonds. The third-order valence-electron chi connectivity index (χ3n) is 2.86. The molecule has 6 heteroatoms. The summed E-state index contributed by atoms with van der Waals surface area (Å²) in [4.78, 5) is 1.98. The lowest BCUT2D eigenvalue weighted by Gasteiger charge is -2.18. The van der Waals surface area contributed by atoms with Crippen LogP contribution >= 0.6 is 0 Å². The first kappa shape index (κ1) is 13.8. The summed E-state index contributed by atoms with van der Waals surface area (Å²) in [7, 11) is 0.220. The largest absolute Gasteiger partial charge is 0.488 e. The van der Waals surface area contributed by atoms with Crippen LogP contribution in [0.4, 0.5) is 4.39 Å². The van der Waals surface area contributed by atoms with Gasteiger partial charge < -0.3 is 14.5 Å². The van der Waals surface area contributed by atoms with E-state index in [-0.39, 0.29) is 5.46 Å². The van der Waals surface area contributed by atoms with Gasteiger partial charge in [-0.25, -0.2) is 4.39 Å². The summed E-state index contributed by atoms with van der Waals surface area (Å²) < 4.78 is 18.1. The van der Waals surface area contributed by atoms with Crippen LogP contribution in [0.1, 0.15) is 11.1 Å². The Morgan fingerprint density at radius 3 is 2.68 bits per heavy atom. The minimum absolute atomic E-state index is 0.194. The molecule has 0 aliphatic rings. The highest BCUT2D eigenvalue weighted by Crippen LogP contribution is 2.09. The molecule has 100 valence electrons. The molecule has 0 saturated heterocycles. The monoisotopic (exact) mass is 263 g/mol. The third kappa shape index (κ3) is 3.67. The van der Waals surface area contributed by atoms with Gasteiger partial charge in [0.1, 0.15) is 5.82 Å². The fourth-order valence-corrected chi connectivity index (χ4v) is 1.99. The third-order valence-corrected chi connectivity index (χ3v) is 2.86. The summed E-state index contributed by atoms with van der Waals surface area (Å²) >= 11 is 0. The van der Waals surface area contributed by atoms with Crippen LogP contribution in [-0.2, 0) is 13.1 Å². The van der Waals surface area contributed by atoms with E-state index in [1.54, 1.807) is 18.6 Å². The van der Waals surface area contributed by atoms with Crippen LogP contribution in [0.5, 0.6) is 0 Å².